The Morgan fingerprint density at radius 2 is 2.33 bits per heavy atom. The van der Waals surface area contributed by atoms with Crippen LogP contribution in [0.25, 0.3) is 0 Å². The van der Waals surface area contributed by atoms with Gasteiger partial charge in [-0.05, 0) is 43.7 Å². The van der Waals surface area contributed by atoms with Crippen LogP contribution in [0, 0.1) is 5.92 Å². The SMILES string of the molecule is CNC1CCOCC1Cc1cc(Cl)ccc1OC. The van der Waals surface area contributed by atoms with Crippen LogP contribution in [0.4, 0.5) is 0 Å². The van der Waals surface area contributed by atoms with E-state index in [4.69, 9.17) is 21.1 Å². The third-order valence-electron chi connectivity index (χ3n) is 3.57. The van der Waals surface area contributed by atoms with Gasteiger partial charge in [0.25, 0.3) is 0 Å². The van der Waals surface area contributed by atoms with E-state index in [0.717, 1.165) is 42.4 Å². The third kappa shape index (κ3) is 3.16. The Kier molecular flexibility index (Phi) is 4.87. The van der Waals surface area contributed by atoms with Crippen molar-refractivity contribution in [3.63, 3.8) is 0 Å². The van der Waals surface area contributed by atoms with Crippen molar-refractivity contribution in [2.24, 2.45) is 5.92 Å². The average Bonchev–Trinajstić information content (AvgIpc) is 2.40. The lowest BCUT2D eigenvalue weighted by molar-refractivity contribution is 0.0340. The van der Waals surface area contributed by atoms with Crippen LogP contribution in [0.1, 0.15) is 12.0 Å². The van der Waals surface area contributed by atoms with Gasteiger partial charge in [0.1, 0.15) is 5.75 Å². The molecule has 0 radical (unpaired) electrons. The molecule has 4 heteroatoms. The molecule has 1 aliphatic rings. The van der Waals surface area contributed by atoms with E-state index >= 15 is 0 Å². The summed E-state index contributed by atoms with van der Waals surface area (Å²) in [4.78, 5) is 0. The molecule has 0 saturated carbocycles. The smallest absolute Gasteiger partial charge is 0.122 e. The Bertz CT molecular complexity index is 397. The Hall–Kier alpha value is -0.770. The van der Waals surface area contributed by atoms with Crippen molar-refractivity contribution in [3.8, 4) is 5.75 Å². The molecule has 0 amide bonds. The van der Waals surface area contributed by atoms with Crippen molar-refractivity contribution >= 4 is 11.6 Å². The van der Waals surface area contributed by atoms with Crippen molar-refractivity contribution in [2.75, 3.05) is 27.4 Å². The van der Waals surface area contributed by atoms with Crippen molar-refractivity contribution in [1.29, 1.82) is 0 Å². The average molecular weight is 270 g/mol. The lowest BCUT2D eigenvalue weighted by Crippen LogP contribution is -2.41. The first-order valence-corrected chi connectivity index (χ1v) is 6.70. The summed E-state index contributed by atoms with van der Waals surface area (Å²) >= 11 is 6.06. The maximum absolute atomic E-state index is 6.06. The minimum absolute atomic E-state index is 0.469. The normalized spacial score (nSPS) is 23.9. The second-order valence-corrected chi connectivity index (χ2v) is 5.12. The topological polar surface area (TPSA) is 30.5 Å². The third-order valence-corrected chi connectivity index (χ3v) is 3.80. The van der Waals surface area contributed by atoms with Gasteiger partial charge in [0.15, 0.2) is 0 Å². The van der Waals surface area contributed by atoms with Crippen molar-refractivity contribution in [2.45, 2.75) is 18.9 Å². The number of rotatable bonds is 4. The Morgan fingerprint density at radius 1 is 1.50 bits per heavy atom. The van der Waals surface area contributed by atoms with Crippen LogP contribution in [0.3, 0.4) is 0 Å². The monoisotopic (exact) mass is 269 g/mol. The summed E-state index contributed by atoms with van der Waals surface area (Å²) in [5.41, 5.74) is 1.15. The maximum Gasteiger partial charge on any atom is 0.122 e. The summed E-state index contributed by atoms with van der Waals surface area (Å²) < 4.78 is 11.0. The molecule has 1 aromatic carbocycles. The minimum Gasteiger partial charge on any atom is -0.496 e. The summed E-state index contributed by atoms with van der Waals surface area (Å²) in [7, 11) is 3.71. The minimum atomic E-state index is 0.469. The second kappa shape index (κ2) is 6.41. The molecular formula is C14H20ClNO2. The molecule has 1 aromatic rings. The van der Waals surface area contributed by atoms with Crippen LogP contribution in [-0.2, 0) is 11.2 Å². The van der Waals surface area contributed by atoms with E-state index in [1.807, 2.05) is 25.2 Å². The number of benzene rings is 1. The molecule has 0 aromatic heterocycles. The second-order valence-electron chi connectivity index (χ2n) is 4.68. The number of nitrogens with one attached hydrogen (secondary N) is 1. The fourth-order valence-electron chi connectivity index (χ4n) is 2.57. The molecule has 100 valence electrons. The van der Waals surface area contributed by atoms with Gasteiger partial charge in [0.2, 0.25) is 0 Å². The highest BCUT2D eigenvalue weighted by Crippen LogP contribution is 2.28. The van der Waals surface area contributed by atoms with Crippen LogP contribution in [0.2, 0.25) is 5.02 Å². The standard InChI is InChI=1S/C14H20ClNO2/c1-16-13-5-6-18-9-11(13)7-10-8-12(15)3-4-14(10)17-2/h3-4,8,11,13,16H,5-7,9H2,1-2H3. The molecule has 1 saturated heterocycles. The van der Waals surface area contributed by atoms with E-state index < -0.39 is 0 Å². The molecule has 1 heterocycles. The molecular weight excluding hydrogens is 250 g/mol. The largest absolute Gasteiger partial charge is 0.496 e. The molecule has 3 nitrogen and oxygen atoms in total. The highest BCUT2D eigenvalue weighted by Gasteiger charge is 2.25. The predicted octanol–water partition coefficient (Wildman–Crippen LogP) is 2.52. The van der Waals surface area contributed by atoms with E-state index in [0.29, 0.717) is 12.0 Å². The maximum atomic E-state index is 6.06. The number of ether oxygens (including phenoxy) is 2. The van der Waals surface area contributed by atoms with E-state index in [1.54, 1.807) is 7.11 Å². The summed E-state index contributed by atoms with van der Waals surface area (Å²) in [6.07, 6.45) is 1.99. The zero-order chi connectivity index (χ0) is 13.0. The van der Waals surface area contributed by atoms with Gasteiger partial charge in [-0.1, -0.05) is 11.6 Å². The van der Waals surface area contributed by atoms with E-state index in [9.17, 15) is 0 Å². The van der Waals surface area contributed by atoms with E-state index in [1.165, 1.54) is 0 Å². The lowest BCUT2D eigenvalue weighted by Gasteiger charge is -2.31. The van der Waals surface area contributed by atoms with E-state index in [-0.39, 0.29) is 0 Å². The molecule has 1 aliphatic heterocycles. The van der Waals surface area contributed by atoms with Gasteiger partial charge < -0.3 is 14.8 Å². The van der Waals surface area contributed by atoms with Gasteiger partial charge in [-0.2, -0.15) is 0 Å². The van der Waals surface area contributed by atoms with Crippen LogP contribution >= 0.6 is 11.6 Å². The number of hydrogen-bond donors (Lipinski definition) is 1. The van der Waals surface area contributed by atoms with Crippen LogP contribution < -0.4 is 10.1 Å². The Labute approximate surface area is 113 Å². The highest BCUT2D eigenvalue weighted by molar-refractivity contribution is 6.30. The first-order valence-electron chi connectivity index (χ1n) is 6.32. The van der Waals surface area contributed by atoms with Crippen LogP contribution in [-0.4, -0.2) is 33.4 Å². The molecule has 2 rings (SSSR count). The predicted molar refractivity (Wildman–Crippen MR) is 73.5 cm³/mol. The van der Waals surface area contributed by atoms with E-state index in [2.05, 4.69) is 5.32 Å². The first kappa shape index (κ1) is 13.7. The highest BCUT2D eigenvalue weighted by atomic mass is 35.5. The summed E-state index contributed by atoms with van der Waals surface area (Å²) in [6.45, 7) is 1.63. The first-order chi connectivity index (χ1) is 8.74. The van der Waals surface area contributed by atoms with Gasteiger partial charge in [0, 0.05) is 23.6 Å². The molecule has 0 aliphatic carbocycles. The Morgan fingerprint density at radius 3 is 3.06 bits per heavy atom. The Balaban J connectivity index is 2.14. The summed E-state index contributed by atoms with van der Waals surface area (Å²) in [6, 6.07) is 6.27. The van der Waals surface area contributed by atoms with Gasteiger partial charge in [-0.3, -0.25) is 0 Å². The van der Waals surface area contributed by atoms with Crippen molar-refractivity contribution in [1.82, 2.24) is 5.32 Å². The van der Waals surface area contributed by atoms with Gasteiger partial charge >= 0.3 is 0 Å². The molecule has 2 atom stereocenters. The number of hydrogen-bond acceptors (Lipinski definition) is 3. The molecule has 0 bridgehead atoms. The molecule has 1 N–H and O–H groups in total. The lowest BCUT2D eigenvalue weighted by atomic mass is 9.89. The van der Waals surface area contributed by atoms with Crippen LogP contribution in [0.15, 0.2) is 18.2 Å². The van der Waals surface area contributed by atoms with Crippen LogP contribution in [0.5, 0.6) is 5.75 Å². The number of halogens is 1. The zero-order valence-electron chi connectivity index (χ0n) is 10.9. The van der Waals surface area contributed by atoms with Gasteiger partial charge in [0.05, 0.1) is 13.7 Å². The number of methoxy groups -OCH3 is 1. The zero-order valence-corrected chi connectivity index (χ0v) is 11.7. The van der Waals surface area contributed by atoms with Crippen molar-refractivity contribution < 1.29 is 9.47 Å². The quantitative estimate of drug-likeness (QED) is 0.911. The fraction of sp³-hybridized carbons (Fsp3) is 0.571. The van der Waals surface area contributed by atoms with Crippen molar-refractivity contribution in [3.05, 3.63) is 28.8 Å². The molecule has 1 fully saturated rings. The molecule has 2 unspecified atom stereocenters. The van der Waals surface area contributed by atoms with Gasteiger partial charge in [-0.25, -0.2) is 0 Å². The summed E-state index contributed by atoms with van der Waals surface area (Å²) in [5.74, 6) is 1.37. The molecule has 18 heavy (non-hydrogen) atoms. The fourth-order valence-corrected chi connectivity index (χ4v) is 2.76. The van der Waals surface area contributed by atoms with Gasteiger partial charge in [-0.15, -0.1) is 0 Å². The molecule has 0 spiro atoms. The summed E-state index contributed by atoms with van der Waals surface area (Å²) in [5, 5.41) is 4.13.